The summed E-state index contributed by atoms with van der Waals surface area (Å²) in [5.41, 5.74) is 3.70. The second-order valence-corrected chi connectivity index (χ2v) is 13.9. The van der Waals surface area contributed by atoms with E-state index < -0.39 is 13.6 Å². The number of benzene rings is 1. The van der Waals surface area contributed by atoms with Crippen LogP contribution in [-0.4, -0.2) is 35.5 Å². The Kier molecular flexibility index (Phi) is 19.6. The summed E-state index contributed by atoms with van der Waals surface area (Å²) in [4.78, 5) is 27.4. The van der Waals surface area contributed by atoms with E-state index in [9.17, 15) is 14.3 Å². The van der Waals surface area contributed by atoms with Crippen LogP contribution in [0.4, 0.5) is 0 Å². The Hall–Kier alpha value is -2.67. The van der Waals surface area contributed by atoms with E-state index in [1.54, 1.807) is 26.3 Å². The summed E-state index contributed by atoms with van der Waals surface area (Å²) in [7, 11) is -2.22. The SMILES string of the molecule is CCCCCCCCCCCCCCCC(=O)N[C@@H](/C=C/P(=O)(O)OCC)Cc1ccc(OCc2ncc(C)c(OC)c2C)cc1. The number of aromatic nitrogens is 1. The zero-order chi connectivity index (χ0) is 33.6. The molecule has 0 aliphatic heterocycles. The monoisotopic (exact) mass is 658 g/mol. The average Bonchev–Trinajstić information content (AvgIpc) is 3.03. The molecule has 0 radical (unpaired) electrons. The van der Waals surface area contributed by atoms with E-state index in [1.165, 1.54) is 70.0 Å². The number of unbranched alkanes of at least 4 members (excludes halogenated alkanes) is 12. The first-order valence-electron chi connectivity index (χ1n) is 17.4. The molecule has 0 saturated carbocycles. The first-order chi connectivity index (χ1) is 22.2. The highest BCUT2D eigenvalue weighted by molar-refractivity contribution is 7.56. The van der Waals surface area contributed by atoms with Gasteiger partial charge in [-0.15, -0.1) is 0 Å². The van der Waals surface area contributed by atoms with Gasteiger partial charge in [-0.1, -0.05) is 102 Å². The molecule has 0 aliphatic carbocycles. The minimum atomic E-state index is -3.87. The van der Waals surface area contributed by atoms with Crippen molar-refractivity contribution in [2.75, 3.05) is 13.7 Å². The predicted octanol–water partition coefficient (Wildman–Crippen LogP) is 9.53. The van der Waals surface area contributed by atoms with Gasteiger partial charge in [0.2, 0.25) is 5.91 Å². The van der Waals surface area contributed by atoms with Crippen LogP contribution in [0.2, 0.25) is 0 Å². The van der Waals surface area contributed by atoms with Gasteiger partial charge in [0, 0.05) is 29.6 Å². The number of rotatable bonds is 25. The molecule has 1 aromatic carbocycles. The van der Waals surface area contributed by atoms with E-state index in [1.807, 2.05) is 38.1 Å². The quantitative estimate of drug-likeness (QED) is 0.0808. The third-order valence-electron chi connectivity index (χ3n) is 8.18. The van der Waals surface area contributed by atoms with Crippen molar-refractivity contribution in [1.82, 2.24) is 10.3 Å². The largest absolute Gasteiger partial charge is 0.496 e. The Morgan fingerprint density at radius 2 is 1.52 bits per heavy atom. The molecule has 2 atom stereocenters. The summed E-state index contributed by atoms with van der Waals surface area (Å²) in [6.07, 6.45) is 20.6. The molecule has 8 nitrogen and oxygen atoms in total. The molecule has 1 unspecified atom stereocenters. The van der Waals surface area contributed by atoms with Crippen molar-refractivity contribution in [2.24, 2.45) is 0 Å². The molecule has 0 bridgehead atoms. The second kappa shape index (κ2) is 22.8. The van der Waals surface area contributed by atoms with Gasteiger partial charge in [-0.25, -0.2) is 0 Å². The smallest absolute Gasteiger partial charge is 0.351 e. The maximum atomic E-state index is 12.8. The molecule has 2 rings (SSSR count). The minimum Gasteiger partial charge on any atom is -0.496 e. The zero-order valence-corrected chi connectivity index (χ0v) is 29.9. The van der Waals surface area contributed by atoms with Gasteiger partial charge in [-0.3, -0.25) is 14.3 Å². The second-order valence-electron chi connectivity index (χ2n) is 12.2. The van der Waals surface area contributed by atoms with Crippen molar-refractivity contribution in [2.45, 2.75) is 137 Å². The van der Waals surface area contributed by atoms with Gasteiger partial charge in [0.15, 0.2) is 0 Å². The van der Waals surface area contributed by atoms with Crippen LogP contribution in [0, 0.1) is 13.8 Å². The number of carbonyl (C=O) groups is 1. The number of nitrogens with zero attached hydrogens (tertiary/aromatic N) is 1. The van der Waals surface area contributed by atoms with Gasteiger partial charge >= 0.3 is 7.60 Å². The van der Waals surface area contributed by atoms with Crippen molar-refractivity contribution in [3.8, 4) is 11.5 Å². The average molecular weight is 659 g/mol. The van der Waals surface area contributed by atoms with Crippen molar-refractivity contribution >= 4 is 13.5 Å². The lowest BCUT2D eigenvalue weighted by Gasteiger charge is -2.17. The Bertz CT molecular complexity index is 1220. The summed E-state index contributed by atoms with van der Waals surface area (Å²) >= 11 is 0. The van der Waals surface area contributed by atoms with Crippen molar-refractivity contribution in [3.63, 3.8) is 0 Å². The Morgan fingerprint density at radius 3 is 2.09 bits per heavy atom. The summed E-state index contributed by atoms with van der Waals surface area (Å²) in [6.45, 7) is 8.29. The Labute approximate surface area is 278 Å². The topological polar surface area (TPSA) is 107 Å². The summed E-state index contributed by atoms with van der Waals surface area (Å²) in [6, 6.07) is 7.18. The lowest BCUT2D eigenvalue weighted by molar-refractivity contribution is -0.121. The number of methoxy groups -OCH3 is 1. The molecule has 1 amide bonds. The van der Waals surface area contributed by atoms with Gasteiger partial charge in [-0.2, -0.15) is 0 Å². The third kappa shape index (κ3) is 16.2. The van der Waals surface area contributed by atoms with Gasteiger partial charge in [0.1, 0.15) is 18.1 Å². The van der Waals surface area contributed by atoms with E-state index in [0.717, 1.165) is 47.4 Å². The van der Waals surface area contributed by atoms with Crippen LogP contribution in [0.25, 0.3) is 0 Å². The fourth-order valence-electron chi connectivity index (χ4n) is 5.53. The molecular weight excluding hydrogens is 599 g/mol. The molecule has 2 N–H and O–H groups in total. The van der Waals surface area contributed by atoms with Crippen LogP contribution < -0.4 is 14.8 Å². The third-order valence-corrected chi connectivity index (χ3v) is 9.36. The lowest BCUT2D eigenvalue weighted by Crippen LogP contribution is -2.34. The maximum absolute atomic E-state index is 12.8. The van der Waals surface area contributed by atoms with E-state index in [4.69, 9.17) is 14.0 Å². The fourth-order valence-corrected chi connectivity index (χ4v) is 6.42. The van der Waals surface area contributed by atoms with Crippen LogP contribution in [-0.2, 0) is 26.9 Å². The molecule has 2 aromatic rings. The molecule has 0 saturated heterocycles. The lowest BCUT2D eigenvalue weighted by atomic mass is 10.0. The minimum absolute atomic E-state index is 0.0572. The highest BCUT2D eigenvalue weighted by Crippen LogP contribution is 2.43. The van der Waals surface area contributed by atoms with Crippen LogP contribution in [0.1, 0.15) is 126 Å². The Balaban J connectivity index is 1.82. The van der Waals surface area contributed by atoms with Crippen LogP contribution >= 0.6 is 7.60 Å². The number of carbonyl (C=O) groups excluding carboxylic acids is 1. The van der Waals surface area contributed by atoms with Gasteiger partial charge in [0.25, 0.3) is 0 Å². The highest BCUT2D eigenvalue weighted by atomic mass is 31.2. The van der Waals surface area contributed by atoms with Gasteiger partial charge in [-0.05, 0) is 51.3 Å². The fraction of sp³-hybridized carbons (Fsp3) is 0.622. The first kappa shape index (κ1) is 39.5. The Morgan fingerprint density at radius 1 is 0.935 bits per heavy atom. The number of pyridine rings is 1. The normalized spacial score (nSPS) is 13.4. The molecule has 46 heavy (non-hydrogen) atoms. The summed E-state index contributed by atoms with van der Waals surface area (Å²) in [5, 5.41) is 3.04. The van der Waals surface area contributed by atoms with Gasteiger partial charge in [0.05, 0.1) is 25.5 Å². The molecule has 1 aromatic heterocycles. The molecule has 9 heteroatoms. The first-order valence-corrected chi connectivity index (χ1v) is 19.0. The molecule has 0 aliphatic rings. The van der Waals surface area contributed by atoms with E-state index in [2.05, 4.69) is 17.2 Å². The number of amides is 1. The van der Waals surface area contributed by atoms with E-state index in [-0.39, 0.29) is 12.5 Å². The molecule has 1 heterocycles. The van der Waals surface area contributed by atoms with E-state index in [0.29, 0.717) is 25.2 Å². The van der Waals surface area contributed by atoms with Crippen LogP contribution in [0.5, 0.6) is 11.5 Å². The number of hydrogen-bond acceptors (Lipinski definition) is 6. The predicted molar refractivity (Wildman–Crippen MR) is 188 cm³/mol. The van der Waals surface area contributed by atoms with Gasteiger partial charge < -0.3 is 24.2 Å². The number of aryl methyl sites for hydroxylation is 1. The molecule has 0 spiro atoms. The number of hydrogen-bond donors (Lipinski definition) is 2. The van der Waals surface area contributed by atoms with Crippen molar-refractivity contribution in [1.29, 1.82) is 0 Å². The number of nitrogens with one attached hydrogen (secondary N) is 1. The summed E-state index contributed by atoms with van der Waals surface area (Å²) in [5.74, 6) is 2.63. The number of ether oxygens (including phenoxy) is 2. The van der Waals surface area contributed by atoms with E-state index >= 15 is 0 Å². The standard InChI is InChI=1S/C37H59N2O6P/c1-6-8-9-10-11-12-13-14-15-16-17-18-19-20-36(40)39-33(25-26-46(41,42)45-7-2)27-32-21-23-34(24-22-32)44-29-35-31(4)37(43-5)30(3)28-38-35/h21-26,28,33H,6-20,27,29H2,1-5H3,(H,39,40)(H,41,42)/b26-25+/t33-/m0/s1. The van der Waals surface area contributed by atoms with Crippen LogP contribution in [0.15, 0.2) is 42.4 Å². The summed E-state index contributed by atoms with van der Waals surface area (Å²) < 4.78 is 28.7. The van der Waals surface area contributed by atoms with Crippen LogP contribution in [0.3, 0.4) is 0 Å². The maximum Gasteiger partial charge on any atom is 0.351 e. The van der Waals surface area contributed by atoms with Crippen molar-refractivity contribution < 1.29 is 28.3 Å². The van der Waals surface area contributed by atoms with Crippen molar-refractivity contribution in [3.05, 3.63) is 64.7 Å². The zero-order valence-electron chi connectivity index (χ0n) is 29.0. The highest BCUT2D eigenvalue weighted by Gasteiger charge is 2.17. The molecule has 0 fully saturated rings. The molecule has 258 valence electrons. The molecular formula is C37H59N2O6P.